The molecule has 0 atom stereocenters. The summed E-state index contributed by atoms with van der Waals surface area (Å²) in [4.78, 5) is 26.0. The molecule has 2 aromatic carbocycles. The van der Waals surface area contributed by atoms with Crippen LogP contribution >= 0.6 is 0 Å². The average Bonchev–Trinajstić information content (AvgIpc) is 3.12. The minimum Gasteiger partial charge on any atom is -0.358 e. The zero-order valence-corrected chi connectivity index (χ0v) is 15.4. The highest BCUT2D eigenvalue weighted by molar-refractivity contribution is 6.01. The third-order valence-corrected chi connectivity index (χ3v) is 4.23. The highest BCUT2D eigenvalue weighted by Gasteiger charge is 2.22. The van der Waals surface area contributed by atoms with Crippen LogP contribution in [0.15, 0.2) is 66.9 Å². The van der Waals surface area contributed by atoms with Crippen molar-refractivity contribution in [3.63, 3.8) is 0 Å². The number of carbonyl (C=O) groups excluding carboxylic acids is 2. The van der Waals surface area contributed by atoms with Gasteiger partial charge in [0.2, 0.25) is 5.91 Å². The second kappa shape index (κ2) is 8.31. The molecule has 138 valence electrons. The normalized spacial score (nSPS) is 10.4. The van der Waals surface area contributed by atoms with Gasteiger partial charge in [0.1, 0.15) is 5.69 Å². The average molecular weight is 362 g/mol. The molecule has 1 aromatic heterocycles. The van der Waals surface area contributed by atoms with E-state index in [1.165, 1.54) is 4.90 Å². The van der Waals surface area contributed by atoms with Gasteiger partial charge in [-0.2, -0.15) is 5.10 Å². The van der Waals surface area contributed by atoms with Crippen molar-refractivity contribution in [2.75, 3.05) is 20.6 Å². The topological polar surface area (TPSA) is 67.2 Å². The van der Waals surface area contributed by atoms with Crippen molar-refractivity contribution in [1.82, 2.24) is 20.0 Å². The fraction of sp³-hybridized carbons (Fsp3) is 0.190. The van der Waals surface area contributed by atoms with Crippen molar-refractivity contribution in [2.45, 2.75) is 6.54 Å². The fourth-order valence-electron chi connectivity index (χ4n) is 2.81. The summed E-state index contributed by atoms with van der Waals surface area (Å²) in [5, 5.41) is 7.18. The van der Waals surface area contributed by atoms with Gasteiger partial charge < -0.3 is 10.2 Å². The van der Waals surface area contributed by atoms with E-state index in [4.69, 9.17) is 0 Å². The minimum atomic E-state index is -0.239. The molecule has 1 heterocycles. The molecule has 3 rings (SSSR count). The van der Waals surface area contributed by atoms with E-state index < -0.39 is 0 Å². The summed E-state index contributed by atoms with van der Waals surface area (Å²) < 4.78 is 1.76. The van der Waals surface area contributed by atoms with Crippen LogP contribution in [-0.4, -0.2) is 47.1 Å². The molecule has 6 nitrogen and oxygen atoms in total. The number of hydrogen-bond donors (Lipinski definition) is 1. The van der Waals surface area contributed by atoms with Gasteiger partial charge in [-0.15, -0.1) is 0 Å². The summed E-state index contributed by atoms with van der Waals surface area (Å²) >= 11 is 0. The Morgan fingerprint density at radius 3 is 2.30 bits per heavy atom. The van der Waals surface area contributed by atoms with Crippen molar-refractivity contribution in [1.29, 1.82) is 0 Å². The summed E-state index contributed by atoms with van der Waals surface area (Å²) in [7, 11) is 3.16. The van der Waals surface area contributed by atoms with Crippen molar-refractivity contribution in [2.24, 2.45) is 0 Å². The van der Waals surface area contributed by atoms with Crippen molar-refractivity contribution < 1.29 is 9.59 Å². The highest BCUT2D eigenvalue weighted by Crippen LogP contribution is 2.23. The number of nitrogens with one attached hydrogen (secondary N) is 1. The first-order valence-corrected chi connectivity index (χ1v) is 8.71. The summed E-state index contributed by atoms with van der Waals surface area (Å²) in [6.45, 7) is 0.556. The predicted molar refractivity (Wildman–Crippen MR) is 104 cm³/mol. The van der Waals surface area contributed by atoms with Gasteiger partial charge in [-0.25, -0.2) is 0 Å². The Morgan fingerprint density at radius 1 is 1.04 bits per heavy atom. The largest absolute Gasteiger partial charge is 0.358 e. The number of likely N-dealkylation sites (N-methyl/N-ethyl adjacent to an activating group) is 2. The molecule has 0 saturated heterocycles. The Balaban J connectivity index is 1.95. The van der Waals surface area contributed by atoms with Gasteiger partial charge in [0.15, 0.2) is 0 Å². The summed E-state index contributed by atoms with van der Waals surface area (Å²) in [6, 6.07) is 19.5. The molecule has 3 aromatic rings. The molecule has 0 aliphatic heterocycles. The molecule has 0 aliphatic rings. The summed E-state index contributed by atoms with van der Waals surface area (Å²) in [6.07, 6.45) is 1.75. The van der Waals surface area contributed by atoms with E-state index in [0.29, 0.717) is 17.8 Å². The third-order valence-electron chi connectivity index (χ3n) is 4.23. The van der Waals surface area contributed by atoms with Crippen LogP contribution in [0.25, 0.3) is 11.3 Å². The molecule has 0 aliphatic carbocycles. The van der Waals surface area contributed by atoms with Crippen molar-refractivity contribution >= 4 is 11.8 Å². The van der Waals surface area contributed by atoms with Gasteiger partial charge in [-0.05, 0) is 5.56 Å². The first-order valence-electron chi connectivity index (χ1n) is 8.71. The van der Waals surface area contributed by atoms with Crippen LogP contribution in [0.3, 0.4) is 0 Å². The maximum Gasteiger partial charge on any atom is 0.257 e. The second-order valence-corrected chi connectivity index (χ2v) is 6.27. The number of aromatic nitrogens is 2. The lowest BCUT2D eigenvalue weighted by atomic mass is 10.1. The first-order chi connectivity index (χ1) is 13.1. The lowest BCUT2D eigenvalue weighted by molar-refractivity contribution is -0.121. The predicted octanol–water partition coefficient (Wildman–Crippen LogP) is 2.42. The molecule has 0 spiro atoms. The number of rotatable bonds is 6. The van der Waals surface area contributed by atoms with Crippen LogP contribution in [0.4, 0.5) is 0 Å². The Labute approximate surface area is 158 Å². The van der Waals surface area contributed by atoms with E-state index in [0.717, 1.165) is 11.1 Å². The van der Waals surface area contributed by atoms with E-state index in [1.807, 2.05) is 60.7 Å². The first kappa shape index (κ1) is 18.4. The van der Waals surface area contributed by atoms with Crippen LogP contribution in [0.2, 0.25) is 0 Å². The van der Waals surface area contributed by atoms with Gasteiger partial charge >= 0.3 is 0 Å². The standard InChI is InChI=1S/C21H22N4O2/c1-22-19(26)15-24(2)21(27)18-14-25(13-16-9-5-3-6-10-16)23-20(18)17-11-7-4-8-12-17/h3-12,14H,13,15H2,1-2H3,(H,22,26). The Bertz CT molecular complexity index is 920. The SMILES string of the molecule is CNC(=O)CN(C)C(=O)c1cn(Cc2ccccc2)nc1-c1ccccc1. The fourth-order valence-corrected chi connectivity index (χ4v) is 2.81. The quantitative estimate of drug-likeness (QED) is 0.732. The molecule has 0 bridgehead atoms. The molecule has 1 N–H and O–H groups in total. The van der Waals surface area contributed by atoms with Crippen LogP contribution in [0.5, 0.6) is 0 Å². The Hall–Kier alpha value is -3.41. The van der Waals surface area contributed by atoms with E-state index in [9.17, 15) is 9.59 Å². The smallest absolute Gasteiger partial charge is 0.257 e. The number of nitrogens with zero attached hydrogens (tertiary/aromatic N) is 3. The molecule has 2 amide bonds. The zero-order valence-electron chi connectivity index (χ0n) is 15.4. The van der Waals surface area contributed by atoms with Crippen LogP contribution < -0.4 is 5.32 Å². The monoisotopic (exact) mass is 362 g/mol. The van der Waals surface area contributed by atoms with E-state index in [1.54, 1.807) is 25.0 Å². The maximum absolute atomic E-state index is 12.9. The van der Waals surface area contributed by atoms with Gasteiger partial charge in [0.25, 0.3) is 5.91 Å². The van der Waals surface area contributed by atoms with Crippen LogP contribution in [0.1, 0.15) is 15.9 Å². The molecular formula is C21H22N4O2. The third kappa shape index (κ3) is 4.41. The minimum absolute atomic E-state index is 0.00652. The lowest BCUT2D eigenvalue weighted by Gasteiger charge is -2.15. The molecule has 0 unspecified atom stereocenters. The Morgan fingerprint density at radius 2 is 1.67 bits per heavy atom. The highest BCUT2D eigenvalue weighted by atomic mass is 16.2. The molecule has 0 radical (unpaired) electrons. The van der Waals surface area contributed by atoms with Gasteiger partial charge in [0, 0.05) is 25.9 Å². The molecule has 27 heavy (non-hydrogen) atoms. The van der Waals surface area contributed by atoms with Crippen LogP contribution in [-0.2, 0) is 11.3 Å². The van der Waals surface area contributed by atoms with E-state index in [2.05, 4.69) is 10.4 Å². The Kier molecular flexibility index (Phi) is 5.66. The van der Waals surface area contributed by atoms with Crippen molar-refractivity contribution in [3.8, 4) is 11.3 Å². The maximum atomic E-state index is 12.9. The van der Waals surface area contributed by atoms with Gasteiger partial charge in [-0.1, -0.05) is 60.7 Å². The van der Waals surface area contributed by atoms with Gasteiger partial charge in [0.05, 0.1) is 18.7 Å². The summed E-state index contributed by atoms with van der Waals surface area (Å²) in [5.41, 5.74) is 3.04. The number of amides is 2. The lowest BCUT2D eigenvalue weighted by Crippen LogP contribution is -2.36. The second-order valence-electron chi connectivity index (χ2n) is 6.27. The molecule has 6 heteroatoms. The number of carbonyl (C=O) groups is 2. The van der Waals surface area contributed by atoms with Crippen molar-refractivity contribution in [3.05, 3.63) is 78.0 Å². The molecule has 0 saturated carbocycles. The van der Waals surface area contributed by atoms with Crippen LogP contribution in [0, 0.1) is 0 Å². The van der Waals surface area contributed by atoms with E-state index in [-0.39, 0.29) is 18.4 Å². The van der Waals surface area contributed by atoms with E-state index >= 15 is 0 Å². The molecule has 0 fully saturated rings. The number of hydrogen-bond acceptors (Lipinski definition) is 3. The number of benzene rings is 2. The summed E-state index contributed by atoms with van der Waals surface area (Å²) in [5.74, 6) is -0.458. The zero-order chi connectivity index (χ0) is 19.2. The molecular weight excluding hydrogens is 340 g/mol. The van der Waals surface area contributed by atoms with Gasteiger partial charge in [-0.3, -0.25) is 14.3 Å².